The molecule has 18 heavy (non-hydrogen) atoms. The number of halogens is 1. The Morgan fingerprint density at radius 3 is 3.22 bits per heavy atom. The molecule has 0 aromatic carbocycles. The molecule has 94 valence electrons. The fraction of sp³-hybridized carbons (Fsp3) is 0.538. The fourth-order valence-electron chi connectivity index (χ4n) is 2.92. The van der Waals surface area contributed by atoms with E-state index in [9.17, 15) is 0 Å². The van der Waals surface area contributed by atoms with Gasteiger partial charge in [-0.1, -0.05) is 0 Å². The van der Waals surface area contributed by atoms with E-state index in [1.165, 1.54) is 6.42 Å². The molecule has 0 aliphatic carbocycles. The topological polar surface area (TPSA) is 52.0 Å². The first-order chi connectivity index (χ1) is 8.78. The first-order valence-electron chi connectivity index (χ1n) is 6.27. The van der Waals surface area contributed by atoms with Gasteiger partial charge in [0.05, 0.1) is 24.4 Å². The number of hydrogen-bond donors (Lipinski definition) is 1. The lowest BCUT2D eigenvalue weighted by atomic mass is 10.1. The van der Waals surface area contributed by atoms with Crippen LogP contribution in [0.25, 0.3) is 0 Å². The maximum atomic E-state index is 8.81. The lowest BCUT2D eigenvalue weighted by Crippen LogP contribution is -2.30. The Labute approximate surface area is 115 Å². The number of hydrogen-bond acceptors (Lipinski definition) is 4. The van der Waals surface area contributed by atoms with Gasteiger partial charge < -0.3 is 10.2 Å². The SMILES string of the molecule is N#CCc1cc(N2C[C@H]3CCN[C@H]3C2)cnc1Br. The predicted molar refractivity (Wildman–Crippen MR) is 73.4 cm³/mol. The number of aromatic nitrogens is 1. The van der Waals surface area contributed by atoms with Gasteiger partial charge in [0.2, 0.25) is 0 Å². The molecule has 2 atom stereocenters. The van der Waals surface area contributed by atoms with E-state index in [1.54, 1.807) is 0 Å². The molecular formula is C13H15BrN4. The average molecular weight is 307 g/mol. The highest BCUT2D eigenvalue weighted by molar-refractivity contribution is 9.10. The largest absolute Gasteiger partial charge is 0.368 e. The van der Waals surface area contributed by atoms with Gasteiger partial charge in [0.25, 0.3) is 0 Å². The van der Waals surface area contributed by atoms with Crippen LogP contribution in [0.1, 0.15) is 12.0 Å². The third-order valence-corrected chi connectivity index (χ3v) is 4.61. The first kappa shape index (κ1) is 11.9. The number of fused-ring (bicyclic) bond motifs is 1. The molecule has 1 aromatic rings. The van der Waals surface area contributed by atoms with Crippen molar-refractivity contribution in [3.63, 3.8) is 0 Å². The monoisotopic (exact) mass is 306 g/mol. The van der Waals surface area contributed by atoms with E-state index in [1.807, 2.05) is 6.20 Å². The number of pyridine rings is 1. The molecule has 0 amide bonds. The quantitative estimate of drug-likeness (QED) is 0.845. The second-order valence-electron chi connectivity index (χ2n) is 4.99. The van der Waals surface area contributed by atoms with E-state index in [0.29, 0.717) is 12.5 Å². The molecule has 2 aliphatic heterocycles. The van der Waals surface area contributed by atoms with Crippen LogP contribution in [-0.4, -0.2) is 30.7 Å². The van der Waals surface area contributed by atoms with Crippen molar-refractivity contribution < 1.29 is 0 Å². The molecule has 4 nitrogen and oxygen atoms in total. The van der Waals surface area contributed by atoms with Crippen LogP contribution in [0.5, 0.6) is 0 Å². The van der Waals surface area contributed by atoms with Crippen molar-refractivity contribution in [3.05, 3.63) is 22.4 Å². The van der Waals surface area contributed by atoms with Crippen molar-refractivity contribution in [2.75, 3.05) is 24.5 Å². The maximum Gasteiger partial charge on any atom is 0.110 e. The summed E-state index contributed by atoms with van der Waals surface area (Å²) in [5, 5.41) is 12.4. The number of nitrogens with one attached hydrogen (secondary N) is 1. The van der Waals surface area contributed by atoms with E-state index in [0.717, 1.165) is 41.4 Å². The second-order valence-corrected chi connectivity index (χ2v) is 5.74. The molecule has 3 heterocycles. The van der Waals surface area contributed by atoms with Gasteiger partial charge in [-0.3, -0.25) is 0 Å². The van der Waals surface area contributed by atoms with Crippen LogP contribution in [0.2, 0.25) is 0 Å². The van der Waals surface area contributed by atoms with Crippen LogP contribution in [-0.2, 0) is 6.42 Å². The first-order valence-corrected chi connectivity index (χ1v) is 7.07. The summed E-state index contributed by atoms with van der Waals surface area (Å²) in [6.07, 6.45) is 3.57. The fourth-order valence-corrected chi connectivity index (χ4v) is 3.28. The number of anilines is 1. The Morgan fingerprint density at radius 1 is 1.56 bits per heavy atom. The van der Waals surface area contributed by atoms with Crippen LogP contribution in [0.3, 0.4) is 0 Å². The molecule has 1 aromatic heterocycles. The van der Waals surface area contributed by atoms with E-state index >= 15 is 0 Å². The van der Waals surface area contributed by atoms with Crippen LogP contribution >= 0.6 is 15.9 Å². The molecule has 0 bridgehead atoms. The normalized spacial score (nSPS) is 26.1. The summed E-state index contributed by atoms with van der Waals surface area (Å²) in [7, 11) is 0. The zero-order chi connectivity index (χ0) is 12.5. The van der Waals surface area contributed by atoms with Gasteiger partial charge in [0.1, 0.15) is 4.60 Å². The van der Waals surface area contributed by atoms with Gasteiger partial charge in [-0.05, 0) is 40.9 Å². The number of rotatable bonds is 2. The molecular weight excluding hydrogens is 292 g/mol. The van der Waals surface area contributed by atoms with Crippen molar-refractivity contribution in [1.82, 2.24) is 10.3 Å². The summed E-state index contributed by atoms with van der Waals surface area (Å²) in [6, 6.07) is 4.90. The highest BCUT2D eigenvalue weighted by Crippen LogP contribution is 2.30. The van der Waals surface area contributed by atoms with Gasteiger partial charge in [0.15, 0.2) is 0 Å². The average Bonchev–Trinajstić information content (AvgIpc) is 2.92. The minimum Gasteiger partial charge on any atom is -0.368 e. The number of nitrogens with zero attached hydrogens (tertiary/aromatic N) is 3. The Hall–Kier alpha value is -1.12. The van der Waals surface area contributed by atoms with Gasteiger partial charge >= 0.3 is 0 Å². The summed E-state index contributed by atoms with van der Waals surface area (Å²) in [4.78, 5) is 6.72. The molecule has 1 N–H and O–H groups in total. The van der Waals surface area contributed by atoms with E-state index in [2.05, 4.69) is 43.3 Å². The summed E-state index contributed by atoms with van der Waals surface area (Å²) < 4.78 is 0.783. The standard InChI is InChI=1S/C13H15BrN4/c14-13-9(1-3-15)5-11(6-17-13)18-7-10-2-4-16-12(10)8-18/h5-6,10,12,16H,1-2,4,7-8H2/t10-,12+/m1/s1. The molecule has 2 fully saturated rings. The van der Waals surface area contributed by atoms with Crippen molar-refractivity contribution in [2.45, 2.75) is 18.9 Å². The minimum atomic E-state index is 0.403. The number of nitriles is 1. The lowest BCUT2D eigenvalue weighted by molar-refractivity contribution is 0.556. The van der Waals surface area contributed by atoms with Crippen molar-refractivity contribution in [2.24, 2.45) is 5.92 Å². The summed E-state index contributed by atoms with van der Waals surface area (Å²) in [6.45, 7) is 3.31. The Balaban J connectivity index is 1.81. The van der Waals surface area contributed by atoms with Crippen LogP contribution in [0.15, 0.2) is 16.9 Å². The minimum absolute atomic E-state index is 0.403. The molecule has 0 spiro atoms. The van der Waals surface area contributed by atoms with Gasteiger partial charge in [-0.25, -0.2) is 4.98 Å². The predicted octanol–water partition coefficient (Wildman–Crippen LogP) is 1.71. The third kappa shape index (κ3) is 2.11. The molecule has 0 unspecified atom stereocenters. The third-order valence-electron chi connectivity index (χ3n) is 3.89. The van der Waals surface area contributed by atoms with Crippen molar-refractivity contribution in [3.8, 4) is 6.07 Å². The highest BCUT2D eigenvalue weighted by Gasteiger charge is 2.36. The van der Waals surface area contributed by atoms with Crippen molar-refractivity contribution >= 4 is 21.6 Å². The van der Waals surface area contributed by atoms with Gasteiger partial charge in [-0.15, -0.1) is 0 Å². The molecule has 3 rings (SSSR count). The smallest absolute Gasteiger partial charge is 0.110 e. The van der Waals surface area contributed by atoms with Crippen LogP contribution in [0, 0.1) is 17.2 Å². The molecule has 0 radical (unpaired) electrons. The summed E-state index contributed by atoms with van der Waals surface area (Å²) >= 11 is 3.40. The van der Waals surface area contributed by atoms with Gasteiger partial charge in [0, 0.05) is 24.7 Å². The highest BCUT2D eigenvalue weighted by atomic mass is 79.9. The molecule has 0 saturated carbocycles. The Kier molecular flexibility index (Phi) is 3.23. The van der Waals surface area contributed by atoms with E-state index in [4.69, 9.17) is 5.26 Å². The van der Waals surface area contributed by atoms with Gasteiger partial charge in [-0.2, -0.15) is 5.26 Å². The van der Waals surface area contributed by atoms with E-state index in [-0.39, 0.29) is 0 Å². The summed E-state index contributed by atoms with van der Waals surface area (Å²) in [5.41, 5.74) is 2.11. The molecule has 5 heteroatoms. The molecule has 2 aliphatic rings. The van der Waals surface area contributed by atoms with Crippen molar-refractivity contribution in [1.29, 1.82) is 5.26 Å². The Morgan fingerprint density at radius 2 is 2.44 bits per heavy atom. The second kappa shape index (κ2) is 4.87. The maximum absolute atomic E-state index is 8.81. The van der Waals surface area contributed by atoms with Crippen LogP contribution in [0.4, 0.5) is 5.69 Å². The zero-order valence-corrected chi connectivity index (χ0v) is 11.7. The van der Waals surface area contributed by atoms with Crippen LogP contribution < -0.4 is 10.2 Å². The van der Waals surface area contributed by atoms with E-state index < -0.39 is 0 Å². The summed E-state index contributed by atoms with van der Waals surface area (Å²) in [5.74, 6) is 0.771. The zero-order valence-electron chi connectivity index (χ0n) is 10.1. The Bertz CT molecular complexity index is 484. The molecule has 2 saturated heterocycles. The lowest BCUT2D eigenvalue weighted by Gasteiger charge is -2.20.